The van der Waals surface area contributed by atoms with Crippen LogP contribution < -0.4 is 5.56 Å². The fourth-order valence-corrected chi connectivity index (χ4v) is 3.64. The zero-order valence-electron chi connectivity index (χ0n) is 15.5. The Kier molecular flexibility index (Phi) is 5.08. The zero-order chi connectivity index (χ0) is 19.5. The van der Waals surface area contributed by atoms with Gasteiger partial charge in [-0.1, -0.05) is 29.5 Å². The van der Waals surface area contributed by atoms with E-state index in [-0.39, 0.29) is 5.56 Å². The van der Waals surface area contributed by atoms with Crippen molar-refractivity contribution in [2.24, 2.45) is 0 Å². The van der Waals surface area contributed by atoms with Crippen LogP contribution in [0.5, 0.6) is 0 Å². The second-order valence-corrected chi connectivity index (χ2v) is 7.32. The van der Waals surface area contributed by atoms with Gasteiger partial charge in [-0.25, -0.2) is 9.97 Å². The molecule has 0 radical (unpaired) electrons. The van der Waals surface area contributed by atoms with Crippen LogP contribution in [0.3, 0.4) is 0 Å². The van der Waals surface area contributed by atoms with E-state index in [1.54, 1.807) is 12.4 Å². The van der Waals surface area contributed by atoms with Gasteiger partial charge in [0.05, 0.1) is 11.4 Å². The minimum atomic E-state index is -0.200. The van der Waals surface area contributed by atoms with Gasteiger partial charge in [0.1, 0.15) is 5.76 Å². The van der Waals surface area contributed by atoms with Crippen LogP contribution in [-0.4, -0.2) is 19.9 Å². The van der Waals surface area contributed by atoms with Gasteiger partial charge >= 0.3 is 0 Å². The summed E-state index contributed by atoms with van der Waals surface area (Å²) in [5.74, 6) is 1.90. The topological polar surface area (TPSA) is 84.7 Å². The van der Waals surface area contributed by atoms with Crippen LogP contribution >= 0.6 is 11.8 Å². The van der Waals surface area contributed by atoms with Gasteiger partial charge in [0, 0.05) is 35.3 Å². The number of aromatic amines is 1. The Hall–Kier alpha value is -3.19. The summed E-state index contributed by atoms with van der Waals surface area (Å²) in [5.41, 5.74) is 4.12. The van der Waals surface area contributed by atoms with Gasteiger partial charge in [-0.2, -0.15) is 0 Å². The summed E-state index contributed by atoms with van der Waals surface area (Å²) in [6, 6.07) is 13.2. The standard InChI is InChI=1S/C21H18N4O2S/c1-13-5-3-6-15(9-13)20-23-18(14(2)27-20)12-28-21-24-17(10-19(26)25-21)16-7-4-8-22-11-16/h3-11H,12H2,1-2H3,(H,24,25,26). The van der Waals surface area contributed by atoms with E-state index in [9.17, 15) is 4.79 Å². The molecule has 0 aliphatic heterocycles. The number of aromatic nitrogens is 4. The molecule has 0 saturated heterocycles. The first kappa shape index (κ1) is 18.2. The largest absolute Gasteiger partial charge is 0.441 e. The number of H-pyrrole nitrogens is 1. The summed E-state index contributed by atoms with van der Waals surface area (Å²) in [6.07, 6.45) is 3.37. The zero-order valence-corrected chi connectivity index (χ0v) is 16.3. The molecule has 0 amide bonds. The van der Waals surface area contributed by atoms with Crippen LogP contribution in [0.15, 0.2) is 69.2 Å². The molecule has 0 atom stereocenters. The molecule has 0 saturated carbocycles. The molecule has 0 aliphatic rings. The summed E-state index contributed by atoms with van der Waals surface area (Å²) in [4.78, 5) is 28.0. The number of rotatable bonds is 5. The van der Waals surface area contributed by atoms with Crippen molar-refractivity contribution < 1.29 is 4.42 Å². The molecule has 1 N–H and O–H groups in total. The molecule has 0 bridgehead atoms. The van der Waals surface area contributed by atoms with Gasteiger partial charge in [-0.15, -0.1) is 0 Å². The monoisotopic (exact) mass is 390 g/mol. The van der Waals surface area contributed by atoms with E-state index >= 15 is 0 Å². The third-order valence-corrected chi connectivity index (χ3v) is 5.07. The number of aryl methyl sites for hydroxylation is 2. The van der Waals surface area contributed by atoms with Gasteiger partial charge in [0.2, 0.25) is 5.89 Å². The number of oxazole rings is 1. The first-order chi connectivity index (χ1) is 13.6. The van der Waals surface area contributed by atoms with E-state index in [1.807, 2.05) is 50.2 Å². The first-order valence-corrected chi connectivity index (χ1v) is 9.75. The second-order valence-electron chi connectivity index (χ2n) is 6.36. The van der Waals surface area contributed by atoms with Gasteiger partial charge in [-0.3, -0.25) is 9.78 Å². The molecule has 6 nitrogen and oxygen atoms in total. The summed E-state index contributed by atoms with van der Waals surface area (Å²) in [5, 5.41) is 0.533. The minimum absolute atomic E-state index is 0.200. The van der Waals surface area contributed by atoms with Crippen molar-refractivity contribution in [2.75, 3.05) is 0 Å². The van der Waals surface area contributed by atoms with Crippen LogP contribution in [0.4, 0.5) is 0 Å². The van der Waals surface area contributed by atoms with Crippen LogP contribution in [0.1, 0.15) is 17.0 Å². The maximum Gasteiger partial charge on any atom is 0.252 e. The van der Waals surface area contributed by atoms with Crippen LogP contribution in [0.25, 0.3) is 22.7 Å². The molecule has 0 unspecified atom stereocenters. The quantitative estimate of drug-likeness (QED) is 0.402. The second kappa shape index (κ2) is 7.82. The number of hydrogen-bond donors (Lipinski definition) is 1. The highest BCUT2D eigenvalue weighted by Gasteiger charge is 2.13. The molecule has 3 aromatic heterocycles. The molecule has 28 heavy (non-hydrogen) atoms. The Morgan fingerprint density at radius 2 is 1.93 bits per heavy atom. The lowest BCUT2D eigenvalue weighted by molar-refractivity contribution is 0.540. The molecular weight excluding hydrogens is 372 g/mol. The van der Waals surface area contributed by atoms with Crippen molar-refractivity contribution >= 4 is 11.8 Å². The highest BCUT2D eigenvalue weighted by atomic mass is 32.2. The van der Waals surface area contributed by atoms with Gasteiger partial charge in [-0.05, 0) is 38.1 Å². The van der Waals surface area contributed by atoms with E-state index < -0.39 is 0 Å². The lowest BCUT2D eigenvalue weighted by Crippen LogP contribution is -2.08. The number of thioether (sulfide) groups is 1. The smallest absolute Gasteiger partial charge is 0.252 e. The predicted octanol–water partition coefficient (Wildman–Crippen LogP) is 4.40. The molecule has 3 heterocycles. The SMILES string of the molecule is Cc1cccc(-c2nc(CSc3nc(-c4cccnc4)cc(=O)[nH]3)c(C)o2)c1. The molecule has 7 heteroatoms. The molecule has 4 aromatic rings. The average Bonchev–Trinajstić information content (AvgIpc) is 3.07. The summed E-state index contributed by atoms with van der Waals surface area (Å²) in [6.45, 7) is 3.93. The number of benzene rings is 1. The highest BCUT2D eigenvalue weighted by molar-refractivity contribution is 7.98. The maximum absolute atomic E-state index is 12.0. The Balaban J connectivity index is 1.55. The van der Waals surface area contributed by atoms with Crippen molar-refractivity contribution in [2.45, 2.75) is 24.8 Å². The van der Waals surface area contributed by atoms with Gasteiger partial charge in [0.15, 0.2) is 5.16 Å². The summed E-state index contributed by atoms with van der Waals surface area (Å²) < 4.78 is 5.84. The highest BCUT2D eigenvalue weighted by Crippen LogP contribution is 2.27. The molecule has 0 spiro atoms. The van der Waals surface area contributed by atoms with E-state index in [4.69, 9.17) is 4.42 Å². The fraction of sp³-hybridized carbons (Fsp3) is 0.143. The van der Waals surface area contributed by atoms with E-state index in [0.29, 0.717) is 22.5 Å². The van der Waals surface area contributed by atoms with Crippen molar-refractivity contribution in [3.63, 3.8) is 0 Å². The van der Waals surface area contributed by atoms with Gasteiger partial charge < -0.3 is 9.40 Å². The first-order valence-electron chi connectivity index (χ1n) is 8.76. The van der Waals surface area contributed by atoms with Crippen LogP contribution in [0.2, 0.25) is 0 Å². The van der Waals surface area contributed by atoms with Crippen molar-refractivity contribution in [1.29, 1.82) is 0 Å². The minimum Gasteiger partial charge on any atom is -0.441 e. The average molecular weight is 390 g/mol. The Morgan fingerprint density at radius 1 is 1.07 bits per heavy atom. The third-order valence-electron chi connectivity index (χ3n) is 4.18. The number of nitrogens with one attached hydrogen (secondary N) is 1. The van der Waals surface area contributed by atoms with E-state index in [0.717, 1.165) is 28.1 Å². The Morgan fingerprint density at radius 3 is 2.71 bits per heavy atom. The molecule has 140 valence electrons. The van der Waals surface area contributed by atoms with Crippen LogP contribution in [-0.2, 0) is 5.75 Å². The lowest BCUT2D eigenvalue weighted by Gasteiger charge is -2.03. The Labute approximate surface area is 166 Å². The number of hydrogen-bond acceptors (Lipinski definition) is 6. The Bertz CT molecular complexity index is 1170. The maximum atomic E-state index is 12.0. The number of nitrogens with zero attached hydrogens (tertiary/aromatic N) is 3. The van der Waals surface area contributed by atoms with Crippen molar-refractivity contribution in [3.8, 4) is 22.7 Å². The lowest BCUT2D eigenvalue weighted by atomic mass is 10.1. The van der Waals surface area contributed by atoms with Crippen molar-refractivity contribution in [3.05, 3.63) is 82.2 Å². The molecule has 4 rings (SSSR count). The summed E-state index contributed by atoms with van der Waals surface area (Å²) >= 11 is 1.41. The predicted molar refractivity (Wildman–Crippen MR) is 109 cm³/mol. The molecule has 1 aromatic carbocycles. The van der Waals surface area contributed by atoms with Crippen molar-refractivity contribution in [1.82, 2.24) is 19.9 Å². The van der Waals surface area contributed by atoms with Gasteiger partial charge in [0.25, 0.3) is 5.56 Å². The van der Waals surface area contributed by atoms with E-state index in [1.165, 1.54) is 17.8 Å². The van der Waals surface area contributed by atoms with E-state index in [2.05, 4.69) is 19.9 Å². The molecular formula is C21H18N4O2S. The third kappa shape index (κ3) is 4.04. The normalized spacial score (nSPS) is 10.9. The number of pyridine rings is 1. The molecule has 0 fully saturated rings. The summed E-state index contributed by atoms with van der Waals surface area (Å²) in [7, 11) is 0. The van der Waals surface area contributed by atoms with Crippen LogP contribution in [0, 0.1) is 13.8 Å². The fourth-order valence-electron chi connectivity index (χ4n) is 2.77. The molecule has 0 aliphatic carbocycles.